The van der Waals surface area contributed by atoms with E-state index in [1.54, 1.807) is 23.6 Å². The number of rotatable bonds is 3. The summed E-state index contributed by atoms with van der Waals surface area (Å²) in [6.45, 7) is 1.27. The van der Waals surface area contributed by atoms with E-state index in [1.807, 2.05) is 48.5 Å². The Bertz CT molecular complexity index is 872. The molecule has 0 unspecified atom stereocenters. The molecule has 1 saturated carbocycles. The van der Waals surface area contributed by atoms with Crippen LogP contribution >= 0.6 is 35.0 Å². The molecule has 4 nitrogen and oxygen atoms in total. The highest BCUT2D eigenvalue weighted by molar-refractivity contribution is 7.99. The Balaban J connectivity index is 1.57. The molecule has 0 spiro atoms. The zero-order chi connectivity index (χ0) is 18.5. The molecule has 2 aliphatic rings. The van der Waals surface area contributed by atoms with Crippen molar-refractivity contribution in [2.75, 3.05) is 11.5 Å². The van der Waals surface area contributed by atoms with E-state index in [4.69, 9.17) is 27.9 Å². The number of hydrogen-bond donors (Lipinski definition) is 0. The van der Waals surface area contributed by atoms with Crippen molar-refractivity contribution in [2.45, 2.75) is 27.5 Å². The molecule has 1 aliphatic heterocycles. The molecule has 4 rings (SSSR count). The van der Waals surface area contributed by atoms with Gasteiger partial charge in [0, 0.05) is 16.2 Å². The van der Waals surface area contributed by atoms with Gasteiger partial charge in [0.1, 0.15) is 9.75 Å². The Hall–Kier alpha value is -1.69. The van der Waals surface area contributed by atoms with Gasteiger partial charge in [-0.05, 0) is 31.2 Å². The highest BCUT2D eigenvalue weighted by Crippen LogP contribution is 2.64. The third kappa shape index (κ3) is 2.79. The minimum absolute atomic E-state index is 0.322. The lowest BCUT2D eigenvalue weighted by Crippen LogP contribution is -2.34. The van der Waals surface area contributed by atoms with Crippen molar-refractivity contribution in [1.29, 1.82) is 0 Å². The first-order valence-corrected chi connectivity index (χ1v) is 9.65. The number of ether oxygens (including phenoxy) is 1. The van der Waals surface area contributed by atoms with Gasteiger partial charge in [-0.2, -0.15) is 0 Å². The lowest BCUT2D eigenvalue weighted by molar-refractivity contribution is -0.152. The Morgan fingerprint density at radius 1 is 1.08 bits per heavy atom. The zero-order valence-electron chi connectivity index (χ0n) is 13.9. The van der Waals surface area contributed by atoms with Crippen molar-refractivity contribution in [2.24, 2.45) is 5.41 Å². The van der Waals surface area contributed by atoms with Crippen LogP contribution in [0.3, 0.4) is 0 Å². The molecule has 1 fully saturated rings. The molecule has 1 aliphatic carbocycles. The van der Waals surface area contributed by atoms with Crippen LogP contribution in [-0.2, 0) is 14.3 Å². The van der Waals surface area contributed by atoms with Gasteiger partial charge in [0.25, 0.3) is 5.91 Å². The van der Waals surface area contributed by atoms with E-state index in [0.29, 0.717) is 6.42 Å². The van der Waals surface area contributed by atoms with Gasteiger partial charge in [0.05, 0.1) is 11.4 Å². The predicted molar refractivity (Wildman–Crippen MR) is 102 cm³/mol. The minimum atomic E-state index is -1.12. The quantitative estimate of drug-likeness (QED) is 0.533. The summed E-state index contributed by atoms with van der Waals surface area (Å²) in [5, 5.41) is 0. The van der Waals surface area contributed by atoms with Gasteiger partial charge in [0.15, 0.2) is 6.61 Å². The second-order valence-corrected chi connectivity index (χ2v) is 9.12. The number of carbonyl (C=O) groups is 2. The smallest absolute Gasteiger partial charge is 0.315 e. The Morgan fingerprint density at radius 3 is 2.08 bits per heavy atom. The molecule has 2 aromatic carbocycles. The van der Waals surface area contributed by atoms with Crippen LogP contribution in [-0.4, -0.2) is 22.8 Å². The topological polar surface area (TPSA) is 46.6 Å². The van der Waals surface area contributed by atoms with Gasteiger partial charge in [-0.3, -0.25) is 14.5 Å². The summed E-state index contributed by atoms with van der Waals surface area (Å²) in [7, 11) is 0. The highest BCUT2D eigenvalue weighted by Gasteiger charge is 2.69. The lowest BCUT2D eigenvalue weighted by Gasteiger charge is -2.30. The van der Waals surface area contributed by atoms with Gasteiger partial charge < -0.3 is 4.74 Å². The number of hydrogen-bond acceptors (Lipinski definition) is 4. The number of para-hydroxylation sites is 2. The van der Waals surface area contributed by atoms with Crippen LogP contribution in [0.5, 0.6) is 0 Å². The molecule has 1 amide bonds. The molecule has 0 N–H and O–H groups in total. The summed E-state index contributed by atoms with van der Waals surface area (Å²) < 4.78 is 4.13. The molecular formula is C19H15Cl2NO3S. The Labute approximate surface area is 165 Å². The molecule has 0 bridgehead atoms. The SMILES string of the molecule is C[C@]1(C(=O)OCC(=O)N2c3ccccc3Sc3ccccc32)CC1(Cl)Cl. The summed E-state index contributed by atoms with van der Waals surface area (Å²) in [4.78, 5) is 28.7. The van der Waals surface area contributed by atoms with Crippen molar-refractivity contribution in [1.82, 2.24) is 0 Å². The van der Waals surface area contributed by atoms with E-state index in [9.17, 15) is 9.59 Å². The summed E-state index contributed by atoms with van der Waals surface area (Å²) in [5.74, 6) is -0.874. The van der Waals surface area contributed by atoms with Crippen molar-refractivity contribution < 1.29 is 14.3 Å². The van der Waals surface area contributed by atoms with Crippen LogP contribution < -0.4 is 4.90 Å². The second kappa shape index (κ2) is 6.19. The van der Waals surface area contributed by atoms with Crippen LogP contribution in [0.4, 0.5) is 11.4 Å². The van der Waals surface area contributed by atoms with Crippen LogP contribution in [0.1, 0.15) is 13.3 Å². The number of amides is 1. The molecule has 0 saturated heterocycles. The number of fused-ring (bicyclic) bond motifs is 2. The average molecular weight is 408 g/mol. The van der Waals surface area contributed by atoms with Gasteiger partial charge in [0.2, 0.25) is 0 Å². The fourth-order valence-corrected chi connectivity index (χ4v) is 4.69. The van der Waals surface area contributed by atoms with Crippen molar-refractivity contribution in [3.8, 4) is 0 Å². The predicted octanol–water partition coefficient (Wildman–Crippen LogP) is 4.94. The van der Waals surface area contributed by atoms with Gasteiger partial charge in [-0.1, -0.05) is 36.0 Å². The standard InChI is InChI=1S/C19H15Cl2NO3S/c1-18(11-19(18,20)21)17(24)25-10-16(23)22-12-6-2-4-8-14(12)26-15-9-5-3-7-13(15)22/h2-9H,10-11H2,1H3/t18-/m1/s1. The molecule has 0 radical (unpaired) electrons. The minimum Gasteiger partial charge on any atom is -0.455 e. The maximum atomic E-state index is 12.9. The normalized spacial score (nSPS) is 22.2. The summed E-state index contributed by atoms with van der Waals surface area (Å²) >= 11 is 13.6. The van der Waals surface area contributed by atoms with Gasteiger partial charge in [-0.15, -0.1) is 23.2 Å². The first kappa shape index (κ1) is 17.7. The maximum absolute atomic E-state index is 12.9. The Morgan fingerprint density at radius 2 is 1.58 bits per heavy atom. The van der Waals surface area contributed by atoms with Crippen LogP contribution in [0.2, 0.25) is 0 Å². The third-order valence-corrected chi connectivity index (χ3v) is 6.95. The largest absolute Gasteiger partial charge is 0.455 e. The van der Waals surface area contributed by atoms with Gasteiger partial charge in [-0.25, -0.2) is 0 Å². The van der Waals surface area contributed by atoms with Gasteiger partial charge >= 0.3 is 5.97 Å². The Kier molecular flexibility index (Phi) is 4.21. The highest BCUT2D eigenvalue weighted by atomic mass is 35.5. The fraction of sp³-hybridized carbons (Fsp3) is 0.263. The monoisotopic (exact) mass is 407 g/mol. The summed E-state index contributed by atoms with van der Waals surface area (Å²) in [6, 6.07) is 15.3. The van der Waals surface area contributed by atoms with E-state index in [-0.39, 0.29) is 12.5 Å². The number of carbonyl (C=O) groups excluding carboxylic acids is 2. The zero-order valence-corrected chi connectivity index (χ0v) is 16.2. The molecule has 1 atom stereocenters. The van der Waals surface area contributed by atoms with E-state index >= 15 is 0 Å². The molecule has 134 valence electrons. The first-order chi connectivity index (χ1) is 12.3. The number of anilines is 2. The van der Waals surface area contributed by atoms with Crippen molar-refractivity contribution >= 4 is 58.2 Å². The summed E-state index contributed by atoms with van der Waals surface area (Å²) in [5.41, 5.74) is 0.599. The molecule has 2 aromatic rings. The number of alkyl halides is 2. The lowest BCUT2D eigenvalue weighted by atomic mass is 10.1. The van der Waals surface area contributed by atoms with E-state index in [2.05, 4.69) is 0 Å². The number of halogens is 2. The fourth-order valence-electron chi connectivity index (χ4n) is 2.95. The average Bonchev–Trinajstić information content (AvgIpc) is 3.16. The molecular weight excluding hydrogens is 393 g/mol. The van der Waals surface area contributed by atoms with Crippen LogP contribution in [0.25, 0.3) is 0 Å². The molecule has 26 heavy (non-hydrogen) atoms. The van der Waals surface area contributed by atoms with Crippen LogP contribution in [0.15, 0.2) is 58.3 Å². The third-order valence-electron chi connectivity index (χ3n) is 4.72. The molecule has 1 heterocycles. The van der Waals surface area contributed by atoms with Crippen molar-refractivity contribution in [3.05, 3.63) is 48.5 Å². The first-order valence-electron chi connectivity index (χ1n) is 8.07. The maximum Gasteiger partial charge on any atom is 0.315 e. The molecule has 7 heteroatoms. The van der Waals surface area contributed by atoms with E-state index in [0.717, 1.165) is 21.2 Å². The number of nitrogens with zero attached hydrogens (tertiary/aromatic N) is 1. The van der Waals surface area contributed by atoms with E-state index in [1.165, 1.54) is 0 Å². The van der Waals surface area contributed by atoms with E-state index < -0.39 is 15.7 Å². The number of esters is 1. The van der Waals surface area contributed by atoms with Crippen molar-refractivity contribution in [3.63, 3.8) is 0 Å². The molecule has 0 aromatic heterocycles. The second-order valence-electron chi connectivity index (χ2n) is 6.56. The number of benzene rings is 2. The summed E-state index contributed by atoms with van der Waals surface area (Å²) in [6.07, 6.45) is 0.322. The van der Waals surface area contributed by atoms with Crippen LogP contribution in [0, 0.1) is 5.41 Å².